The molecule has 156 valence electrons. The van der Waals surface area contributed by atoms with Crippen LogP contribution in [0.25, 0.3) is 0 Å². The Labute approximate surface area is 168 Å². The van der Waals surface area contributed by atoms with Crippen molar-refractivity contribution in [2.45, 2.75) is 45.0 Å². The molecule has 0 aromatic heterocycles. The van der Waals surface area contributed by atoms with E-state index in [1.165, 1.54) is 6.92 Å². The Kier molecular flexibility index (Phi) is 7.28. The Bertz CT molecular complexity index is 803. The molecule has 29 heavy (non-hydrogen) atoms. The quantitative estimate of drug-likeness (QED) is 0.240. The van der Waals surface area contributed by atoms with Crippen LogP contribution in [0.3, 0.4) is 0 Å². The molecule has 0 saturated carbocycles. The van der Waals surface area contributed by atoms with Gasteiger partial charge in [-0.3, -0.25) is 9.59 Å². The van der Waals surface area contributed by atoms with Crippen molar-refractivity contribution in [1.29, 1.82) is 0 Å². The number of carbonyl (C=O) groups excluding carboxylic acids is 4. The first-order chi connectivity index (χ1) is 13.7. The van der Waals surface area contributed by atoms with E-state index in [0.29, 0.717) is 24.7 Å². The minimum Gasteiger partial charge on any atom is -0.454 e. The number of esters is 3. The molecule has 0 aromatic carbocycles. The van der Waals surface area contributed by atoms with Crippen molar-refractivity contribution in [2.75, 3.05) is 6.61 Å². The van der Waals surface area contributed by atoms with Crippen LogP contribution < -0.4 is 0 Å². The van der Waals surface area contributed by atoms with Gasteiger partial charge in [0.2, 0.25) is 0 Å². The van der Waals surface area contributed by atoms with E-state index >= 15 is 0 Å². The van der Waals surface area contributed by atoms with Crippen molar-refractivity contribution in [1.82, 2.24) is 0 Å². The maximum absolute atomic E-state index is 12.3. The molecule has 1 saturated heterocycles. The van der Waals surface area contributed by atoms with Gasteiger partial charge in [-0.05, 0) is 31.4 Å². The van der Waals surface area contributed by atoms with Gasteiger partial charge in [0, 0.05) is 23.6 Å². The zero-order valence-corrected chi connectivity index (χ0v) is 16.4. The van der Waals surface area contributed by atoms with Crippen LogP contribution in [0.2, 0.25) is 0 Å². The number of ether oxygens (including phenoxy) is 3. The molecule has 1 N–H and O–H groups in total. The SMILES string of the molecule is C=C(C)C(=O)O[C@H]1[C@H]2C(=C)C(=O)O[C@H]2/C=C(\CO)CC/C=C(/C=O)[C@@H]1OC(C)=O. The normalized spacial score (nSPS) is 30.6. The summed E-state index contributed by atoms with van der Waals surface area (Å²) in [5.74, 6) is -3.12. The molecular weight excluding hydrogens is 380 g/mol. The smallest absolute Gasteiger partial charge is 0.334 e. The third kappa shape index (κ3) is 5.08. The van der Waals surface area contributed by atoms with Gasteiger partial charge in [0.1, 0.15) is 12.4 Å². The van der Waals surface area contributed by atoms with E-state index in [2.05, 4.69) is 13.2 Å². The minimum absolute atomic E-state index is 0.00558. The summed E-state index contributed by atoms with van der Waals surface area (Å²) in [5, 5.41) is 9.61. The van der Waals surface area contributed by atoms with Gasteiger partial charge >= 0.3 is 17.9 Å². The summed E-state index contributed by atoms with van der Waals surface area (Å²) < 4.78 is 16.2. The summed E-state index contributed by atoms with van der Waals surface area (Å²) in [6, 6.07) is 0. The molecule has 1 heterocycles. The first kappa shape index (κ1) is 22.3. The fourth-order valence-electron chi connectivity index (χ4n) is 3.28. The number of fused-ring (bicyclic) bond motifs is 1. The van der Waals surface area contributed by atoms with E-state index in [1.807, 2.05) is 0 Å². The summed E-state index contributed by atoms with van der Waals surface area (Å²) in [6.45, 7) is 9.59. The van der Waals surface area contributed by atoms with Crippen molar-refractivity contribution in [3.05, 3.63) is 47.6 Å². The lowest BCUT2D eigenvalue weighted by molar-refractivity contribution is -0.166. The van der Waals surface area contributed by atoms with E-state index in [9.17, 15) is 24.3 Å². The Morgan fingerprint density at radius 1 is 1.34 bits per heavy atom. The van der Waals surface area contributed by atoms with Crippen molar-refractivity contribution in [3.63, 3.8) is 0 Å². The third-order valence-electron chi connectivity index (χ3n) is 4.71. The van der Waals surface area contributed by atoms with Gasteiger partial charge in [0.05, 0.1) is 12.5 Å². The van der Waals surface area contributed by atoms with Gasteiger partial charge in [-0.15, -0.1) is 0 Å². The fourth-order valence-corrected chi connectivity index (χ4v) is 3.28. The van der Waals surface area contributed by atoms with Gasteiger partial charge < -0.3 is 19.3 Å². The molecule has 1 aliphatic carbocycles. The largest absolute Gasteiger partial charge is 0.454 e. The average Bonchev–Trinajstić information content (AvgIpc) is 2.93. The standard InChI is InChI=1S/C21H24O8/c1-11(2)20(25)29-19-17-12(3)21(26)28-16(17)8-14(9-22)6-5-7-15(10-23)18(19)27-13(4)24/h7-8,10,16-19,22H,1,3,5-6,9H2,2,4H3/b14-8-,15-7-/t16-,17-,18-,19-/m0/s1. The first-order valence-corrected chi connectivity index (χ1v) is 9.08. The maximum Gasteiger partial charge on any atom is 0.334 e. The lowest BCUT2D eigenvalue weighted by Gasteiger charge is -2.33. The molecule has 2 rings (SSSR count). The highest BCUT2D eigenvalue weighted by Gasteiger charge is 2.49. The summed E-state index contributed by atoms with van der Waals surface area (Å²) in [6.07, 6.45) is 0.932. The van der Waals surface area contributed by atoms with E-state index in [4.69, 9.17) is 14.2 Å². The van der Waals surface area contributed by atoms with Gasteiger partial charge in [-0.25, -0.2) is 9.59 Å². The molecule has 0 bridgehead atoms. The fraction of sp³-hybridized carbons (Fsp3) is 0.429. The first-order valence-electron chi connectivity index (χ1n) is 9.08. The molecular formula is C21H24O8. The van der Waals surface area contributed by atoms with Crippen LogP contribution in [-0.2, 0) is 33.4 Å². The molecule has 0 amide bonds. The number of aliphatic hydroxyl groups is 1. The minimum atomic E-state index is -1.27. The van der Waals surface area contributed by atoms with Crippen molar-refractivity contribution in [3.8, 4) is 0 Å². The zero-order chi connectivity index (χ0) is 21.7. The molecule has 4 atom stereocenters. The lowest BCUT2D eigenvalue weighted by atomic mass is 9.83. The Morgan fingerprint density at radius 2 is 2.03 bits per heavy atom. The maximum atomic E-state index is 12.3. The van der Waals surface area contributed by atoms with Gasteiger partial charge in [-0.1, -0.05) is 19.2 Å². The molecule has 2 aliphatic rings. The number of rotatable bonds is 5. The third-order valence-corrected chi connectivity index (χ3v) is 4.71. The zero-order valence-electron chi connectivity index (χ0n) is 16.4. The van der Waals surface area contributed by atoms with E-state index in [-0.39, 0.29) is 23.3 Å². The second-order valence-corrected chi connectivity index (χ2v) is 6.94. The summed E-state index contributed by atoms with van der Waals surface area (Å²) in [5.41, 5.74) is 0.745. The van der Waals surface area contributed by atoms with E-state index in [0.717, 1.165) is 6.92 Å². The van der Waals surface area contributed by atoms with E-state index < -0.39 is 42.1 Å². The number of hydrogen-bond donors (Lipinski definition) is 1. The van der Waals surface area contributed by atoms with Crippen LogP contribution in [0, 0.1) is 5.92 Å². The molecule has 8 nitrogen and oxygen atoms in total. The van der Waals surface area contributed by atoms with Crippen LogP contribution in [0.1, 0.15) is 26.7 Å². The molecule has 0 aromatic rings. The van der Waals surface area contributed by atoms with Crippen LogP contribution in [0.15, 0.2) is 47.6 Å². The molecule has 8 heteroatoms. The summed E-state index contributed by atoms with van der Waals surface area (Å²) in [4.78, 5) is 48.0. The second-order valence-electron chi connectivity index (χ2n) is 6.94. The van der Waals surface area contributed by atoms with E-state index in [1.54, 1.807) is 12.2 Å². The molecule has 1 fully saturated rings. The number of hydrogen-bond acceptors (Lipinski definition) is 8. The highest BCUT2D eigenvalue weighted by atomic mass is 16.6. The van der Waals surface area contributed by atoms with Gasteiger partial charge in [0.15, 0.2) is 12.2 Å². The molecule has 0 spiro atoms. The predicted molar refractivity (Wildman–Crippen MR) is 101 cm³/mol. The topological polar surface area (TPSA) is 116 Å². The summed E-state index contributed by atoms with van der Waals surface area (Å²) in [7, 11) is 0. The lowest BCUT2D eigenvalue weighted by Crippen LogP contribution is -2.45. The highest BCUT2D eigenvalue weighted by molar-refractivity contribution is 5.92. The number of carbonyl (C=O) groups is 4. The second kappa shape index (κ2) is 9.47. The Hall–Kier alpha value is -3.00. The molecule has 0 unspecified atom stereocenters. The van der Waals surface area contributed by atoms with Crippen molar-refractivity contribution >= 4 is 24.2 Å². The van der Waals surface area contributed by atoms with Crippen molar-refractivity contribution in [2.24, 2.45) is 5.92 Å². The highest BCUT2D eigenvalue weighted by Crippen LogP contribution is 2.37. The predicted octanol–water partition coefficient (Wildman–Crippen LogP) is 1.34. The number of allylic oxidation sites excluding steroid dienone is 1. The average molecular weight is 404 g/mol. The monoisotopic (exact) mass is 404 g/mol. The number of aliphatic hydroxyl groups excluding tert-OH is 1. The van der Waals surface area contributed by atoms with Crippen molar-refractivity contribution < 1.29 is 38.5 Å². The van der Waals surface area contributed by atoms with Crippen LogP contribution in [-0.4, -0.2) is 54.2 Å². The van der Waals surface area contributed by atoms with Gasteiger partial charge in [-0.2, -0.15) is 0 Å². The Balaban J connectivity index is 2.65. The van der Waals surface area contributed by atoms with Crippen LogP contribution >= 0.6 is 0 Å². The Morgan fingerprint density at radius 3 is 2.59 bits per heavy atom. The molecule has 0 radical (unpaired) electrons. The molecule has 1 aliphatic heterocycles. The van der Waals surface area contributed by atoms with Gasteiger partial charge in [0.25, 0.3) is 0 Å². The number of aldehydes is 1. The summed E-state index contributed by atoms with van der Waals surface area (Å²) >= 11 is 0. The van der Waals surface area contributed by atoms with Crippen LogP contribution in [0.5, 0.6) is 0 Å². The van der Waals surface area contributed by atoms with Crippen LogP contribution in [0.4, 0.5) is 0 Å².